The number of nitrogens with zero attached hydrogens (tertiary/aromatic N) is 2. The number of phenolic OH excluding ortho intramolecular Hbond substituents is 1. The topological polar surface area (TPSA) is 221 Å². The maximum atomic E-state index is 14.1. The Hall–Kier alpha value is -5.55. The maximum absolute atomic E-state index is 14.1. The molecule has 0 atom stereocenters. The molecule has 0 bridgehead atoms. The van der Waals surface area contributed by atoms with Crippen LogP contribution in [0.5, 0.6) is 17.2 Å². The van der Waals surface area contributed by atoms with E-state index in [4.69, 9.17) is 53.8 Å². The van der Waals surface area contributed by atoms with Crippen LogP contribution in [0.4, 0.5) is 0 Å². The van der Waals surface area contributed by atoms with E-state index >= 15 is 0 Å². The molecule has 3 heterocycles. The van der Waals surface area contributed by atoms with Crippen LogP contribution in [0.2, 0.25) is 0 Å². The number of aliphatic carboxylic acids is 4. The minimum absolute atomic E-state index is 0.0703. The summed E-state index contributed by atoms with van der Waals surface area (Å²) in [5.74, 6) is -5.66. The van der Waals surface area contributed by atoms with E-state index in [-0.39, 0.29) is 11.5 Å². The minimum atomic E-state index is -1.82. The molecular formula is C37H40N2O13S. The van der Waals surface area contributed by atoms with Crippen molar-refractivity contribution >= 4 is 51.1 Å². The first-order valence-electron chi connectivity index (χ1n) is 16.5. The zero-order valence-corrected chi connectivity index (χ0v) is 29.7. The number of rotatable bonds is 10. The van der Waals surface area contributed by atoms with Crippen molar-refractivity contribution in [2.45, 2.75) is 19.4 Å². The van der Waals surface area contributed by atoms with Gasteiger partial charge < -0.3 is 39.7 Å². The van der Waals surface area contributed by atoms with Crippen molar-refractivity contribution in [3.63, 3.8) is 0 Å². The fourth-order valence-electron chi connectivity index (χ4n) is 5.68. The van der Waals surface area contributed by atoms with Crippen molar-refractivity contribution in [3.8, 4) is 27.7 Å². The molecule has 15 nitrogen and oxygen atoms in total. The smallest absolute Gasteiger partial charge is 0.414 e. The molecule has 2 aliphatic heterocycles. The third kappa shape index (κ3) is 11.5. The monoisotopic (exact) mass is 752 g/mol. The molecule has 0 saturated carbocycles. The third-order valence-corrected chi connectivity index (χ3v) is 9.51. The summed E-state index contributed by atoms with van der Waals surface area (Å²) in [6.45, 7) is 7.88. The number of benzene rings is 3. The molecule has 0 unspecified atom stereocenters. The van der Waals surface area contributed by atoms with Crippen LogP contribution in [0.25, 0.3) is 20.5 Å². The first-order valence-corrected chi connectivity index (χ1v) is 17.3. The Morgan fingerprint density at radius 2 is 1.40 bits per heavy atom. The van der Waals surface area contributed by atoms with Crippen molar-refractivity contribution in [2.75, 3.05) is 59.7 Å². The second-order valence-electron chi connectivity index (χ2n) is 11.9. The first-order chi connectivity index (χ1) is 25.4. The highest BCUT2D eigenvalue weighted by Gasteiger charge is 2.24. The Balaban J connectivity index is 0.000000453. The number of hydrogen-bond donors (Lipinski definition) is 5. The first kappa shape index (κ1) is 40.2. The van der Waals surface area contributed by atoms with Gasteiger partial charge in [-0.2, -0.15) is 0 Å². The molecule has 5 N–H and O–H groups in total. The zero-order valence-electron chi connectivity index (χ0n) is 28.9. The number of carboxylic acids is 4. The Morgan fingerprint density at radius 1 is 0.774 bits per heavy atom. The van der Waals surface area contributed by atoms with Gasteiger partial charge in [0.05, 0.1) is 20.3 Å². The number of thiophene rings is 1. The van der Waals surface area contributed by atoms with Gasteiger partial charge in [-0.05, 0) is 80.0 Å². The van der Waals surface area contributed by atoms with Gasteiger partial charge in [-0.3, -0.25) is 14.6 Å². The number of aromatic hydroxyl groups is 1. The summed E-state index contributed by atoms with van der Waals surface area (Å²) in [5, 5.41) is 40.6. The molecule has 1 aromatic heterocycles. The van der Waals surface area contributed by atoms with E-state index < -0.39 is 23.9 Å². The molecule has 0 spiro atoms. The van der Waals surface area contributed by atoms with Crippen molar-refractivity contribution in [1.82, 2.24) is 9.80 Å². The van der Waals surface area contributed by atoms with Gasteiger partial charge in [0, 0.05) is 57.8 Å². The number of carbonyl (C=O) groups excluding carboxylic acids is 1. The summed E-state index contributed by atoms with van der Waals surface area (Å²) in [5.41, 5.74) is 3.20. The molecule has 2 aliphatic rings. The van der Waals surface area contributed by atoms with Crippen LogP contribution in [0.15, 0.2) is 60.7 Å². The molecule has 4 aromatic rings. The summed E-state index contributed by atoms with van der Waals surface area (Å²) in [6.07, 6.45) is 2.54. The SMILES string of the molecule is COc1cc(C(=O)c2c(-c3ccc(OCCN4CCCC4)cc3)sc3cc(O)ccc23)ccc1CN1CCOCC1.O=C(O)C(=O)O.O=C(O)C(=O)O. The normalized spacial score (nSPS) is 14.3. The van der Waals surface area contributed by atoms with E-state index in [1.54, 1.807) is 19.2 Å². The third-order valence-electron chi connectivity index (χ3n) is 8.30. The summed E-state index contributed by atoms with van der Waals surface area (Å²) in [6, 6.07) is 18.9. The molecule has 2 saturated heterocycles. The molecule has 6 rings (SSSR count). The number of ketones is 1. The largest absolute Gasteiger partial charge is 0.508 e. The molecule has 0 radical (unpaired) electrons. The molecule has 53 heavy (non-hydrogen) atoms. The highest BCUT2D eigenvalue weighted by Crippen LogP contribution is 2.42. The van der Waals surface area contributed by atoms with E-state index in [1.807, 2.05) is 48.5 Å². The molecule has 0 aliphatic carbocycles. The lowest BCUT2D eigenvalue weighted by molar-refractivity contribution is -0.159. The summed E-state index contributed by atoms with van der Waals surface area (Å²) >= 11 is 1.51. The van der Waals surface area contributed by atoms with E-state index in [1.165, 1.54) is 24.2 Å². The highest BCUT2D eigenvalue weighted by atomic mass is 32.1. The van der Waals surface area contributed by atoms with Crippen LogP contribution < -0.4 is 9.47 Å². The predicted molar refractivity (Wildman–Crippen MR) is 193 cm³/mol. The Morgan fingerprint density at radius 3 is 1.98 bits per heavy atom. The van der Waals surface area contributed by atoms with Crippen LogP contribution in [0.3, 0.4) is 0 Å². The quantitative estimate of drug-likeness (QED) is 0.114. The molecule has 0 amide bonds. The number of fused-ring (bicyclic) bond motifs is 1. The van der Waals surface area contributed by atoms with Gasteiger partial charge in [0.1, 0.15) is 23.9 Å². The van der Waals surface area contributed by atoms with E-state index in [9.17, 15) is 9.90 Å². The summed E-state index contributed by atoms with van der Waals surface area (Å²) < 4.78 is 18.1. The van der Waals surface area contributed by atoms with Gasteiger partial charge in [0.2, 0.25) is 0 Å². The molecule has 282 valence electrons. The van der Waals surface area contributed by atoms with E-state index in [0.717, 1.165) is 84.3 Å². The average molecular weight is 753 g/mol. The Kier molecular flexibility index (Phi) is 14.7. The molecule has 16 heteroatoms. The fraction of sp³-hybridized carbons (Fsp3) is 0.324. The number of morpholine rings is 1. The van der Waals surface area contributed by atoms with Crippen LogP contribution in [-0.2, 0) is 30.5 Å². The molecule has 3 aromatic carbocycles. The van der Waals surface area contributed by atoms with E-state index in [2.05, 4.69) is 9.80 Å². The van der Waals surface area contributed by atoms with Gasteiger partial charge in [0.25, 0.3) is 0 Å². The van der Waals surface area contributed by atoms with Crippen LogP contribution >= 0.6 is 11.3 Å². The second-order valence-corrected chi connectivity index (χ2v) is 12.9. The predicted octanol–water partition coefficient (Wildman–Crippen LogP) is 4.13. The number of hydrogen-bond acceptors (Lipinski definition) is 12. The Bertz CT molecular complexity index is 1870. The van der Waals surface area contributed by atoms with Crippen molar-refractivity contribution < 1.29 is 63.7 Å². The highest BCUT2D eigenvalue weighted by molar-refractivity contribution is 7.22. The van der Waals surface area contributed by atoms with Gasteiger partial charge in [-0.25, -0.2) is 19.2 Å². The number of carboxylic acid groups (broad SMARTS) is 4. The lowest BCUT2D eigenvalue weighted by Gasteiger charge is -2.27. The fourth-order valence-corrected chi connectivity index (χ4v) is 6.91. The van der Waals surface area contributed by atoms with Crippen molar-refractivity contribution in [1.29, 1.82) is 0 Å². The second kappa shape index (κ2) is 19.3. The number of phenols is 1. The minimum Gasteiger partial charge on any atom is -0.508 e. The van der Waals surface area contributed by atoms with Gasteiger partial charge >= 0.3 is 23.9 Å². The van der Waals surface area contributed by atoms with Gasteiger partial charge in [0.15, 0.2) is 5.78 Å². The van der Waals surface area contributed by atoms with Gasteiger partial charge in [-0.15, -0.1) is 11.3 Å². The zero-order chi connectivity index (χ0) is 38.5. The lowest BCUT2D eigenvalue weighted by atomic mass is 9.96. The number of methoxy groups -OCH3 is 1. The lowest BCUT2D eigenvalue weighted by Crippen LogP contribution is -2.35. The van der Waals surface area contributed by atoms with E-state index in [0.29, 0.717) is 23.5 Å². The average Bonchev–Trinajstić information content (AvgIpc) is 3.80. The molecule has 2 fully saturated rings. The maximum Gasteiger partial charge on any atom is 0.414 e. The number of carbonyl (C=O) groups is 5. The van der Waals surface area contributed by atoms with Crippen LogP contribution in [0.1, 0.15) is 34.3 Å². The number of ether oxygens (including phenoxy) is 3. The van der Waals surface area contributed by atoms with Crippen LogP contribution in [-0.4, -0.2) is 125 Å². The van der Waals surface area contributed by atoms with Crippen molar-refractivity contribution in [2.24, 2.45) is 0 Å². The standard InChI is InChI=1S/C33H36N2O5S.2C2H2O4/c1-38-29-20-24(4-5-25(29)22-35-14-17-39-18-15-35)32(37)31-28-11-8-26(36)21-30(28)41-33(31)23-6-9-27(10-7-23)40-19-16-34-12-2-3-13-34;2*3-1(4)2(5)6/h4-11,20-21,36H,2-3,12-19,22H2,1H3;2*(H,3,4)(H,5,6). The van der Waals surface area contributed by atoms with Crippen LogP contribution in [0, 0.1) is 0 Å². The number of likely N-dealkylation sites (tertiary alicyclic amines) is 1. The van der Waals surface area contributed by atoms with Gasteiger partial charge in [-0.1, -0.05) is 12.1 Å². The van der Waals surface area contributed by atoms with Crippen molar-refractivity contribution in [3.05, 3.63) is 77.4 Å². The summed E-state index contributed by atoms with van der Waals surface area (Å²) in [4.78, 5) is 56.2. The Labute approximate surface area is 308 Å². The molecular weight excluding hydrogens is 712 g/mol. The summed E-state index contributed by atoms with van der Waals surface area (Å²) in [7, 11) is 1.65.